The Hall–Kier alpha value is -1.16. The third-order valence-corrected chi connectivity index (χ3v) is 1.66. The average molecular weight is 155 g/mol. The van der Waals surface area contributed by atoms with E-state index in [1.807, 2.05) is 0 Å². The maximum Gasteiger partial charge on any atom is 0.217 e. The molecule has 1 N–H and O–H groups in total. The number of aliphatic hydroxyl groups excluding tert-OH is 1. The first-order valence-electron chi connectivity index (χ1n) is 2.59. The fourth-order valence-electron chi connectivity index (χ4n) is 0.484. The first-order valence-corrected chi connectivity index (χ1v) is 3.47. The third-order valence-electron chi connectivity index (χ3n) is 0.869. The van der Waals surface area contributed by atoms with Gasteiger partial charge in [-0.2, -0.15) is 0 Å². The molecule has 1 aromatic heterocycles. The van der Waals surface area contributed by atoms with Crippen molar-refractivity contribution in [1.29, 1.82) is 0 Å². The van der Waals surface area contributed by atoms with Crippen LogP contribution in [0.4, 0.5) is 0 Å². The zero-order chi connectivity index (χ0) is 7.40. The molecule has 0 aliphatic heterocycles. The van der Waals surface area contributed by atoms with Crippen LogP contribution in [0.2, 0.25) is 0 Å². The maximum atomic E-state index is 10.8. The minimum absolute atomic E-state index is 0.266. The van der Waals surface area contributed by atoms with Crippen molar-refractivity contribution >= 4 is 17.1 Å². The third kappa shape index (κ3) is 1.41. The van der Waals surface area contributed by atoms with Crippen LogP contribution in [-0.2, 0) is 0 Å². The Morgan fingerprint density at radius 1 is 1.80 bits per heavy atom. The van der Waals surface area contributed by atoms with E-state index >= 15 is 0 Å². The number of aromatic nitrogens is 1. The van der Waals surface area contributed by atoms with Gasteiger partial charge in [0.2, 0.25) is 5.78 Å². The van der Waals surface area contributed by atoms with Crippen molar-refractivity contribution in [2.24, 2.45) is 0 Å². The van der Waals surface area contributed by atoms with Gasteiger partial charge < -0.3 is 5.11 Å². The molecule has 4 heteroatoms. The molecule has 0 radical (unpaired) electrons. The summed E-state index contributed by atoms with van der Waals surface area (Å²) < 4.78 is 0. The molecule has 0 atom stereocenters. The van der Waals surface area contributed by atoms with Crippen LogP contribution >= 0.6 is 11.3 Å². The topological polar surface area (TPSA) is 50.2 Å². The average Bonchev–Trinajstić information content (AvgIpc) is 2.38. The number of carbonyl (C=O) groups excluding carboxylic acids is 1. The summed E-state index contributed by atoms with van der Waals surface area (Å²) in [6, 6.07) is 0. The smallest absolute Gasteiger partial charge is 0.217 e. The predicted octanol–water partition coefficient (Wildman–Crippen LogP) is 1.40. The van der Waals surface area contributed by atoms with Gasteiger partial charge in [0.25, 0.3) is 0 Å². The fraction of sp³-hybridized carbons (Fsp3) is 0. The van der Waals surface area contributed by atoms with Crippen LogP contribution < -0.4 is 0 Å². The summed E-state index contributed by atoms with van der Waals surface area (Å²) in [6.45, 7) is 0. The van der Waals surface area contributed by atoms with Crippen molar-refractivity contribution in [1.82, 2.24) is 4.98 Å². The standard InChI is InChI=1S/C6H5NO2S/c8-3-1-5(9)6-7-2-4-10-6/h1-4,8H. The Bertz CT molecular complexity index is 240. The van der Waals surface area contributed by atoms with Crippen LogP contribution in [-0.4, -0.2) is 15.9 Å². The Balaban J connectivity index is 2.78. The highest BCUT2D eigenvalue weighted by molar-refractivity contribution is 7.11. The number of carbonyl (C=O) groups is 1. The van der Waals surface area contributed by atoms with Crippen molar-refractivity contribution in [3.63, 3.8) is 0 Å². The van der Waals surface area contributed by atoms with Gasteiger partial charge in [-0.05, 0) is 0 Å². The highest BCUT2D eigenvalue weighted by Gasteiger charge is 2.02. The lowest BCUT2D eigenvalue weighted by Crippen LogP contribution is -1.91. The predicted molar refractivity (Wildman–Crippen MR) is 38.2 cm³/mol. The molecule has 0 spiro atoms. The number of allylic oxidation sites excluding steroid dienone is 1. The zero-order valence-electron chi connectivity index (χ0n) is 5.02. The monoisotopic (exact) mass is 155 g/mol. The van der Waals surface area contributed by atoms with E-state index in [0.717, 1.165) is 6.08 Å². The molecule has 1 heterocycles. The Morgan fingerprint density at radius 2 is 2.60 bits per heavy atom. The molecular weight excluding hydrogens is 150 g/mol. The highest BCUT2D eigenvalue weighted by atomic mass is 32.1. The molecule has 1 aromatic rings. The molecule has 0 unspecified atom stereocenters. The van der Waals surface area contributed by atoms with E-state index in [1.54, 1.807) is 11.6 Å². The van der Waals surface area contributed by atoms with E-state index in [-0.39, 0.29) is 5.78 Å². The van der Waals surface area contributed by atoms with Gasteiger partial charge in [-0.1, -0.05) is 0 Å². The van der Waals surface area contributed by atoms with Crippen molar-refractivity contribution in [3.05, 3.63) is 28.9 Å². The molecule has 10 heavy (non-hydrogen) atoms. The molecule has 3 nitrogen and oxygen atoms in total. The van der Waals surface area contributed by atoms with Crippen LogP contribution in [0.3, 0.4) is 0 Å². The summed E-state index contributed by atoms with van der Waals surface area (Å²) in [6.07, 6.45) is 3.33. The summed E-state index contributed by atoms with van der Waals surface area (Å²) in [7, 11) is 0. The lowest BCUT2D eigenvalue weighted by molar-refractivity contribution is 0.104. The molecule has 0 saturated carbocycles. The van der Waals surface area contributed by atoms with Crippen molar-refractivity contribution in [3.8, 4) is 0 Å². The minimum atomic E-state index is -0.266. The summed E-state index contributed by atoms with van der Waals surface area (Å²) in [5, 5.41) is 10.3. The number of aliphatic hydroxyl groups is 1. The van der Waals surface area contributed by atoms with Crippen LogP contribution in [0, 0.1) is 0 Å². The van der Waals surface area contributed by atoms with Gasteiger partial charge in [0, 0.05) is 17.7 Å². The van der Waals surface area contributed by atoms with Gasteiger partial charge >= 0.3 is 0 Å². The molecule has 0 aliphatic carbocycles. The van der Waals surface area contributed by atoms with E-state index in [4.69, 9.17) is 5.11 Å². The van der Waals surface area contributed by atoms with E-state index in [0.29, 0.717) is 11.3 Å². The fourth-order valence-corrected chi connectivity index (χ4v) is 1.04. The van der Waals surface area contributed by atoms with E-state index in [9.17, 15) is 4.79 Å². The SMILES string of the molecule is O=C(C=CO)c1nccs1. The number of hydrogen-bond acceptors (Lipinski definition) is 4. The number of rotatable bonds is 2. The lowest BCUT2D eigenvalue weighted by Gasteiger charge is -1.81. The Morgan fingerprint density at radius 3 is 3.10 bits per heavy atom. The van der Waals surface area contributed by atoms with Crippen molar-refractivity contribution in [2.75, 3.05) is 0 Å². The number of ketones is 1. The molecule has 0 aliphatic rings. The summed E-state index contributed by atoms with van der Waals surface area (Å²) in [5.74, 6) is -0.266. The second-order valence-electron chi connectivity index (χ2n) is 1.52. The number of hydrogen-bond donors (Lipinski definition) is 1. The summed E-state index contributed by atoms with van der Waals surface area (Å²) in [4.78, 5) is 14.5. The molecule has 0 saturated heterocycles. The van der Waals surface area contributed by atoms with Gasteiger partial charge in [0.1, 0.15) is 0 Å². The molecule has 1 rings (SSSR count). The first-order chi connectivity index (χ1) is 4.84. The first kappa shape index (κ1) is 6.95. The van der Waals surface area contributed by atoms with E-state index < -0.39 is 0 Å². The Kier molecular flexibility index (Phi) is 2.17. The van der Waals surface area contributed by atoms with Crippen molar-refractivity contribution < 1.29 is 9.90 Å². The minimum Gasteiger partial charge on any atom is -0.515 e. The van der Waals surface area contributed by atoms with Crippen molar-refractivity contribution in [2.45, 2.75) is 0 Å². The summed E-state index contributed by atoms with van der Waals surface area (Å²) in [5.41, 5.74) is 0. The number of nitrogens with zero attached hydrogens (tertiary/aromatic N) is 1. The Labute approximate surface area is 61.7 Å². The van der Waals surface area contributed by atoms with Crippen LogP contribution in [0.15, 0.2) is 23.9 Å². The molecule has 0 aromatic carbocycles. The second kappa shape index (κ2) is 3.12. The zero-order valence-corrected chi connectivity index (χ0v) is 5.84. The normalized spacial score (nSPS) is 10.4. The number of thiazole rings is 1. The lowest BCUT2D eigenvalue weighted by atomic mass is 10.4. The second-order valence-corrected chi connectivity index (χ2v) is 2.41. The molecule has 0 amide bonds. The quantitative estimate of drug-likeness (QED) is 0.399. The molecular formula is C6H5NO2S. The molecule has 52 valence electrons. The van der Waals surface area contributed by atoms with E-state index in [1.165, 1.54) is 11.3 Å². The van der Waals surface area contributed by atoms with Crippen LogP contribution in [0.1, 0.15) is 9.80 Å². The largest absolute Gasteiger partial charge is 0.515 e. The maximum absolute atomic E-state index is 10.8. The molecule has 0 bridgehead atoms. The summed E-state index contributed by atoms with van der Waals surface area (Å²) >= 11 is 1.25. The van der Waals surface area contributed by atoms with Gasteiger partial charge in [0.05, 0.1) is 6.26 Å². The van der Waals surface area contributed by atoms with Crippen LogP contribution in [0.5, 0.6) is 0 Å². The van der Waals surface area contributed by atoms with Crippen LogP contribution in [0.25, 0.3) is 0 Å². The molecule has 0 fully saturated rings. The van der Waals surface area contributed by atoms with Gasteiger partial charge in [0.15, 0.2) is 5.01 Å². The van der Waals surface area contributed by atoms with Gasteiger partial charge in [-0.25, -0.2) is 4.98 Å². The van der Waals surface area contributed by atoms with Gasteiger partial charge in [-0.15, -0.1) is 11.3 Å². The van der Waals surface area contributed by atoms with E-state index in [2.05, 4.69) is 4.98 Å². The van der Waals surface area contributed by atoms with Gasteiger partial charge in [-0.3, -0.25) is 4.79 Å². The highest BCUT2D eigenvalue weighted by Crippen LogP contribution is 2.04.